The number of aryl methyl sites for hydroxylation is 1. The van der Waals surface area contributed by atoms with Crippen LogP contribution in [0.4, 0.5) is 0 Å². The van der Waals surface area contributed by atoms with Gasteiger partial charge < -0.3 is 4.74 Å². The molecule has 25 heavy (non-hydrogen) atoms. The van der Waals surface area contributed by atoms with Gasteiger partial charge in [-0.3, -0.25) is 0 Å². The van der Waals surface area contributed by atoms with E-state index in [-0.39, 0.29) is 5.28 Å². The van der Waals surface area contributed by atoms with Crippen LogP contribution in [-0.2, 0) is 12.8 Å². The molecule has 0 N–H and O–H groups in total. The largest absolute Gasteiger partial charge is 0.493 e. The molecule has 1 aromatic heterocycles. The van der Waals surface area contributed by atoms with Crippen LogP contribution in [0.25, 0.3) is 5.57 Å². The minimum absolute atomic E-state index is 0.239. The van der Waals surface area contributed by atoms with E-state index in [9.17, 15) is 0 Å². The van der Waals surface area contributed by atoms with Crippen molar-refractivity contribution in [1.29, 1.82) is 0 Å². The molecule has 2 aromatic rings. The predicted molar refractivity (Wildman–Crippen MR) is 103 cm³/mol. The third-order valence-electron chi connectivity index (χ3n) is 5.18. The molecule has 4 heteroatoms. The summed E-state index contributed by atoms with van der Waals surface area (Å²) in [5, 5.41) is 0.239. The molecule has 3 nitrogen and oxygen atoms in total. The molecule has 0 spiro atoms. The lowest BCUT2D eigenvalue weighted by atomic mass is 9.87. The quantitative estimate of drug-likeness (QED) is 0.536. The summed E-state index contributed by atoms with van der Waals surface area (Å²) in [6, 6.07) is 6.62. The zero-order valence-electron chi connectivity index (χ0n) is 15.2. The lowest BCUT2D eigenvalue weighted by Gasteiger charge is -2.19. The van der Waals surface area contributed by atoms with Gasteiger partial charge in [-0.05, 0) is 66.8 Å². The molecule has 0 bridgehead atoms. The van der Waals surface area contributed by atoms with Crippen LogP contribution in [-0.4, -0.2) is 17.1 Å². The van der Waals surface area contributed by atoms with Gasteiger partial charge in [-0.2, -0.15) is 0 Å². The Hall–Kier alpha value is -1.87. The number of hydrogen-bond donors (Lipinski definition) is 0. The van der Waals surface area contributed by atoms with E-state index < -0.39 is 0 Å². The highest BCUT2D eigenvalue weighted by Gasteiger charge is 2.22. The summed E-state index contributed by atoms with van der Waals surface area (Å²) in [4.78, 5) is 8.51. The maximum atomic E-state index is 6.07. The third-order valence-corrected chi connectivity index (χ3v) is 5.36. The number of hydrogen-bond acceptors (Lipinski definition) is 3. The van der Waals surface area contributed by atoms with Crippen molar-refractivity contribution in [3.63, 3.8) is 0 Å². The van der Waals surface area contributed by atoms with Crippen molar-refractivity contribution in [2.24, 2.45) is 5.92 Å². The smallest absolute Gasteiger partial charge is 0.223 e. The first kappa shape index (κ1) is 17.9. The summed E-state index contributed by atoms with van der Waals surface area (Å²) in [5.41, 5.74) is 5.99. The van der Waals surface area contributed by atoms with E-state index in [1.165, 1.54) is 36.0 Å². The summed E-state index contributed by atoms with van der Waals surface area (Å²) in [5.74, 6) is 1.40. The van der Waals surface area contributed by atoms with Crippen molar-refractivity contribution in [3.05, 3.63) is 58.1 Å². The van der Waals surface area contributed by atoms with Crippen molar-refractivity contribution in [1.82, 2.24) is 9.97 Å². The summed E-state index contributed by atoms with van der Waals surface area (Å²) in [6.07, 6.45) is 9.81. The second-order valence-corrected chi connectivity index (χ2v) is 6.91. The summed E-state index contributed by atoms with van der Waals surface area (Å²) < 4.78 is 5.49. The Bertz CT molecular complexity index is 785. The van der Waals surface area contributed by atoms with Gasteiger partial charge in [-0.25, -0.2) is 9.97 Å². The van der Waals surface area contributed by atoms with E-state index in [0.29, 0.717) is 5.75 Å². The molecule has 0 radical (unpaired) electrons. The lowest BCUT2D eigenvalue weighted by Crippen LogP contribution is -2.06. The van der Waals surface area contributed by atoms with Crippen LogP contribution < -0.4 is 4.74 Å². The Kier molecular flexibility index (Phi) is 5.74. The van der Waals surface area contributed by atoms with Gasteiger partial charge in [0.2, 0.25) is 5.28 Å². The van der Waals surface area contributed by atoms with Crippen molar-refractivity contribution < 1.29 is 4.74 Å². The second kappa shape index (κ2) is 8.01. The molecule has 0 fully saturated rings. The molecule has 1 unspecified atom stereocenters. The Labute approximate surface area is 155 Å². The molecular weight excluding hydrogens is 332 g/mol. The zero-order chi connectivity index (χ0) is 17.8. The standard InChI is InChI=1S/C21H25ClN2O/c1-4-14-8-6-9-15-10-7-11-17(18(15)12-14)16(5-2)20-19(25-3)13-23-21(22)24-20/h5,7,10-11,13-14H,4,6,8-9,12H2,1-3H3. The predicted octanol–water partition coefficient (Wildman–Crippen LogP) is 5.50. The van der Waals surface area contributed by atoms with Crippen molar-refractivity contribution >= 4 is 17.2 Å². The van der Waals surface area contributed by atoms with E-state index in [0.717, 1.165) is 30.0 Å². The van der Waals surface area contributed by atoms with Crippen LogP contribution >= 0.6 is 11.6 Å². The van der Waals surface area contributed by atoms with E-state index >= 15 is 0 Å². The Morgan fingerprint density at radius 3 is 2.96 bits per heavy atom. The first-order valence-electron chi connectivity index (χ1n) is 9.02. The number of benzene rings is 1. The number of allylic oxidation sites excluding steroid dienone is 1. The van der Waals surface area contributed by atoms with Crippen molar-refractivity contribution in [3.8, 4) is 5.75 Å². The fourth-order valence-corrected chi connectivity index (χ4v) is 3.93. The number of methoxy groups -OCH3 is 1. The van der Waals surface area contributed by atoms with Crippen LogP contribution in [0.3, 0.4) is 0 Å². The molecule has 0 aliphatic heterocycles. The fourth-order valence-electron chi connectivity index (χ4n) is 3.79. The number of fused-ring (bicyclic) bond motifs is 1. The first-order chi connectivity index (χ1) is 12.2. The molecule has 1 atom stereocenters. The zero-order valence-corrected chi connectivity index (χ0v) is 15.9. The molecule has 3 rings (SSSR count). The lowest BCUT2D eigenvalue weighted by molar-refractivity contribution is 0.409. The van der Waals surface area contributed by atoms with Gasteiger partial charge in [-0.1, -0.05) is 37.6 Å². The highest BCUT2D eigenvalue weighted by atomic mass is 35.5. The summed E-state index contributed by atoms with van der Waals surface area (Å²) in [7, 11) is 1.64. The molecule has 132 valence electrons. The number of rotatable bonds is 4. The number of halogens is 1. The molecule has 0 amide bonds. The molecular formula is C21H25ClN2O. The normalized spacial score (nSPS) is 17.8. The Morgan fingerprint density at radius 2 is 2.24 bits per heavy atom. The van der Waals surface area contributed by atoms with Gasteiger partial charge in [0.15, 0.2) is 5.75 Å². The van der Waals surface area contributed by atoms with Gasteiger partial charge in [0.1, 0.15) is 5.69 Å². The first-order valence-corrected chi connectivity index (χ1v) is 9.40. The maximum Gasteiger partial charge on any atom is 0.223 e. The third kappa shape index (κ3) is 3.72. The molecule has 0 saturated carbocycles. The average molecular weight is 357 g/mol. The Balaban J connectivity index is 2.14. The number of aromatic nitrogens is 2. The molecule has 1 heterocycles. The minimum Gasteiger partial charge on any atom is -0.493 e. The summed E-state index contributed by atoms with van der Waals surface area (Å²) in [6.45, 7) is 4.33. The highest BCUT2D eigenvalue weighted by Crippen LogP contribution is 2.36. The van der Waals surface area contributed by atoms with Crippen LogP contribution in [0.15, 0.2) is 30.5 Å². The Morgan fingerprint density at radius 1 is 1.40 bits per heavy atom. The number of ether oxygens (including phenoxy) is 1. The van der Waals surface area contributed by atoms with Gasteiger partial charge >= 0.3 is 0 Å². The van der Waals surface area contributed by atoms with Crippen LogP contribution in [0.5, 0.6) is 5.75 Å². The molecule has 1 aromatic carbocycles. The average Bonchev–Trinajstić information content (AvgIpc) is 2.85. The van der Waals surface area contributed by atoms with Crippen molar-refractivity contribution in [2.75, 3.05) is 7.11 Å². The molecule has 0 saturated heterocycles. The fraction of sp³-hybridized carbons (Fsp3) is 0.429. The second-order valence-electron chi connectivity index (χ2n) is 6.57. The van der Waals surface area contributed by atoms with E-state index in [1.54, 1.807) is 13.3 Å². The summed E-state index contributed by atoms with van der Waals surface area (Å²) >= 11 is 6.07. The molecule has 1 aliphatic carbocycles. The van der Waals surface area contributed by atoms with E-state index in [2.05, 4.69) is 41.2 Å². The highest BCUT2D eigenvalue weighted by molar-refractivity contribution is 6.28. The van der Waals surface area contributed by atoms with Gasteiger partial charge in [-0.15, -0.1) is 0 Å². The topological polar surface area (TPSA) is 35.0 Å². The SMILES string of the molecule is CC=C(c1cccc2c1CC(CC)CCC2)c1nc(Cl)ncc1OC. The van der Waals surface area contributed by atoms with Crippen LogP contribution in [0, 0.1) is 5.92 Å². The monoisotopic (exact) mass is 356 g/mol. The van der Waals surface area contributed by atoms with Crippen LogP contribution in [0.2, 0.25) is 5.28 Å². The van der Waals surface area contributed by atoms with Crippen molar-refractivity contribution in [2.45, 2.75) is 46.0 Å². The van der Waals surface area contributed by atoms with Crippen LogP contribution in [0.1, 0.15) is 55.5 Å². The molecule has 1 aliphatic rings. The van der Waals surface area contributed by atoms with E-state index in [1.807, 2.05) is 6.92 Å². The van der Waals surface area contributed by atoms with E-state index in [4.69, 9.17) is 16.3 Å². The minimum atomic E-state index is 0.239. The van der Waals surface area contributed by atoms with Gasteiger partial charge in [0.25, 0.3) is 0 Å². The van der Waals surface area contributed by atoms with Gasteiger partial charge in [0.05, 0.1) is 13.3 Å². The maximum absolute atomic E-state index is 6.07. The van der Waals surface area contributed by atoms with Gasteiger partial charge in [0, 0.05) is 5.57 Å². The number of nitrogens with zero attached hydrogens (tertiary/aromatic N) is 2.